The zero-order valence-electron chi connectivity index (χ0n) is 16.8. The Balaban J connectivity index is 1.69. The molecule has 0 aromatic heterocycles. The van der Waals surface area contributed by atoms with E-state index >= 15 is 0 Å². The quantitative estimate of drug-likeness (QED) is 0.332. The van der Waals surface area contributed by atoms with Crippen LogP contribution in [0.5, 0.6) is 0 Å². The Morgan fingerprint density at radius 2 is 2.21 bits per heavy atom. The number of nitrogens with zero attached hydrogens (tertiary/aromatic N) is 1. The van der Waals surface area contributed by atoms with Gasteiger partial charge in [-0.2, -0.15) is 0 Å². The molecule has 0 saturated carbocycles. The molecule has 4 nitrogen and oxygen atoms in total. The maximum Gasteiger partial charge on any atom is 0.194 e. The molecule has 0 saturated heterocycles. The fourth-order valence-corrected chi connectivity index (χ4v) is 5.82. The van der Waals surface area contributed by atoms with Gasteiger partial charge in [-0.3, -0.25) is 0 Å². The second-order valence-corrected chi connectivity index (χ2v) is 11.1. The molecular formula is C22H26BrIN2O2S. The lowest BCUT2D eigenvalue weighted by Gasteiger charge is -2.20. The standard InChI is InChI=1S/C22H26BrIN2O2S/c1-14-4-7-18(8-5-14)28-22-11-9-20(24)19(13-25-22)16(3)26-29(27)21-10-6-17(23)12-15(21)2/h4,6-8,10,12-14,16,20,26H,5,9,11H2,1-3H3. The molecule has 4 atom stereocenters. The van der Waals surface area contributed by atoms with Gasteiger partial charge in [0, 0.05) is 27.1 Å². The summed E-state index contributed by atoms with van der Waals surface area (Å²) in [6.45, 7) is 6.20. The number of hydrogen-bond acceptors (Lipinski definition) is 3. The van der Waals surface area contributed by atoms with Crippen LogP contribution in [0.3, 0.4) is 0 Å². The van der Waals surface area contributed by atoms with Gasteiger partial charge in [-0.15, -0.1) is 0 Å². The van der Waals surface area contributed by atoms with Crippen LogP contribution in [0.1, 0.15) is 38.7 Å². The SMILES string of the molecule is Cc1cc(Br)ccc1S(=O)NC(C)C1=CN=C(OC2=CCC(C)C=C2)CCC1I. The summed E-state index contributed by atoms with van der Waals surface area (Å²) < 4.78 is 23.4. The fourth-order valence-electron chi connectivity index (χ4n) is 3.20. The zero-order valence-corrected chi connectivity index (χ0v) is 21.4. The average Bonchev–Trinajstić information content (AvgIpc) is 2.85. The van der Waals surface area contributed by atoms with Crippen LogP contribution < -0.4 is 4.72 Å². The molecule has 0 fully saturated rings. The number of hydrogen-bond donors (Lipinski definition) is 1. The highest BCUT2D eigenvalue weighted by molar-refractivity contribution is 14.1. The second-order valence-electron chi connectivity index (χ2n) is 7.46. The fraction of sp³-hybridized carbons (Fsp3) is 0.409. The van der Waals surface area contributed by atoms with E-state index in [2.05, 4.69) is 67.3 Å². The molecule has 1 aliphatic carbocycles. The van der Waals surface area contributed by atoms with Gasteiger partial charge in [0.1, 0.15) is 16.7 Å². The van der Waals surface area contributed by atoms with Gasteiger partial charge in [0.25, 0.3) is 0 Å². The van der Waals surface area contributed by atoms with E-state index in [4.69, 9.17) is 4.74 Å². The van der Waals surface area contributed by atoms with E-state index in [-0.39, 0.29) is 6.04 Å². The van der Waals surface area contributed by atoms with Crippen LogP contribution in [0, 0.1) is 12.8 Å². The van der Waals surface area contributed by atoms with Crippen molar-refractivity contribution < 1.29 is 8.95 Å². The van der Waals surface area contributed by atoms with Gasteiger partial charge in [0.2, 0.25) is 0 Å². The van der Waals surface area contributed by atoms with E-state index in [1.54, 1.807) is 0 Å². The van der Waals surface area contributed by atoms with Gasteiger partial charge in [0.05, 0.1) is 4.90 Å². The minimum Gasteiger partial charge on any atom is -0.443 e. The molecule has 29 heavy (non-hydrogen) atoms. The maximum atomic E-state index is 12.9. The van der Waals surface area contributed by atoms with Crippen LogP contribution in [0.25, 0.3) is 0 Å². The molecule has 0 spiro atoms. The Morgan fingerprint density at radius 3 is 2.90 bits per heavy atom. The first kappa shape index (κ1) is 22.9. The summed E-state index contributed by atoms with van der Waals surface area (Å²) in [6, 6.07) is 5.74. The van der Waals surface area contributed by atoms with Crippen molar-refractivity contribution in [3.63, 3.8) is 0 Å². The molecule has 1 aliphatic heterocycles. The first-order valence-electron chi connectivity index (χ1n) is 9.74. The van der Waals surface area contributed by atoms with E-state index in [1.807, 2.05) is 44.3 Å². The minimum atomic E-state index is -1.29. The Bertz CT molecular complexity index is 910. The number of allylic oxidation sites excluding steroid dienone is 3. The first-order chi connectivity index (χ1) is 13.8. The van der Waals surface area contributed by atoms with E-state index in [0.29, 0.717) is 9.84 Å². The van der Waals surface area contributed by atoms with Crippen LogP contribution in [0.15, 0.2) is 68.3 Å². The van der Waals surface area contributed by atoms with Gasteiger partial charge in [-0.1, -0.05) is 51.5 Å². The summed E-state index contributed by atoms with van der Waals surface area (Å²) in [7, 11) is -1.29. The Morgan fingerprint density at radius 1 is 1.41 bits per heavy atom. The number of rotatable bonds is 5. The van der Waals surface area contributed by atoms with Crippen LogP contribution in [-0.4, -0.2) is 20.1 Å². The lowest BCUT2D eigenvalue weighted by atomic mass is 10.0. The monoisotopic (exact) mass is 588 g/mol. The smallest absolute Gasteiger partial charge is 0.194 e. The number of aryl methyl sites for hydroxylation is 1. The van der Waals surface area contributed by atoms with E-state index in [9.17, 15) is 4.21 Å². The number of halogens is 2. The molecule has 0 amide bonds. The van der Waals surface area contributed by atoms with E-state index < -0.39 is 11.0 Å². The molecule has 1 heterocycles. The highest BCUT2D eigenvalue weighted by Gasteiger charge is 2.23. The number of benzene rings is 1. The van der Waals surface area contributed by atoms with Crippen molar-refractivity contribution in [2.24, 2.45) is 10.9 Å². The number of aliphatic imine (C=N–C) groups is 1. The zero-order chi connectivity index (χ0) is 21.0. The molecule has 1 aromatic rings. The number of nitrogens with one attached hydrogen (secondary N) is 1. The summed E-state index contributed by atoms with van der Waals surface area (Å²) in [6.07, 6.45) is 10.9. The van der Waals surface area contributed by atoms with Crippen LogP contribution >= 0.6 is 38.5 Å². The van der Waals surface area contributed by atoms with Crippen LogP contribution in [0.4, 0.5) is 0 Å². The molecule has 4 unspecified atom stereocenters. The van der Waals surface area contributed by atoms with Crippen molar-refractivity contribution in [1.82, 2.24) is 4.72 Å². The molecule has 1 N–H and O–H groups in total. The molecule has 0 radical (unpaired) electrons. The van der Waals surface area contributed by atoms with Crippen LogP contribution in [-0.2, 0) is 15.7 Å². The van der Waals surface area contributed by atoms with Crippen molar-refractivity contribution in [2.75, 3.05) is 0 Å². The summed E-state index contributed by atoms with van der Waals surface area (Å²) in [5, 5.41) is 0. The van der Waals surface area contributed by atoms with Gasteiger partial charge in [-0.05, 0) is 74.1 Å². The summed E-state index contributed by atoms with van der Waals surface area (Å²) >= 11 is 5.90. The lowest BCUT2D eigenvalue weighted by Crippen LogP contribution is -2.33. The Kier molecular flexibility index (Phi) is 8.30. The summed E-state index contributed by atoms with van der Waals surface area (Å²) in [4.78, 5) is 5.41. The van der Waals surface area contributed by atoms with Crippen LogP contribution in [0.2, 0.25) is 0 Å². The first-order valence-corrected chi connectivity index (χ1v) is 12.9. The van der Waals surface area contributed by atoms with Crippen molar-refractivity contribution in [3.8, 4) is 0 Å². The molecule has 7 heteroatoms. The largest absolute Gasteiger partial charge is 0.443 e. The highest BCUT2D eigenvalue weighted by atomic mass is 127. The van der Waals surface area contributed by atoms with Gasteiger partial charge < -0.3 is 4.74 Å². The maximum absolute atomic E-state index is 12.9. The topological polar surface area (TPSA) is 50.7 Å². The van der Waals surface area contributed by atoms with E-state index in [1.165, 1.54) is 0 Å². The van der Waals surface area contributed by atoms with Crippen molar-refractivity contribution in [1.29, 1.82) is 0 Å². The third kappa shape index (κ3) is 6.35. The average molecular weight is 589 g/mol. The second kappa shape index (κ2) is 10.5. The highest BCUT2D eigenvalue weighted by Crippen LogP contribution is 2.27. The lowest BCUT2D eigenvalue weighted by molar-refractivity contribution is 0.411. The molecule has 3 rings (SSSR count). The predicted molar refractivity (Wildman–Crippen MR) is 133 cm³/mol. The summed E-state index contributed by atoms with van der Waals surface area (Å²) in [5.41, 5.74) is 2.13. The molecule has 156 valence electrons. The molecular weight excluding hydrogens is 563 g/mol. The number of alkyl halides is 1. The molecule has 1 aromatic carbocycles. The summed E-state index contributed by atoms with van der Waals surface area (Å²) in [5.74, 6) is 2.18. The van der Waals surface area contributed by atoms with Gasteiger partial charge in [0.15, 0.2) is 5.90 Å². The molecule has 0 bridgehead atoms. The van der Waals surface area contributed by atoms with Crippen molar-refractivity contribution in [3.05, 3.63) is 64.0 Å². The Labute approximate surface area is 197 Å². The number of ether oxygens (including phenoxy) is 1. The molecule has 2 aliphatic rings. The van der Waals surface area contributed by atoms with Crippen molar-refractivity contribution in [2.45, 2.75) is 54.9 Å². The Hall–Kier alpha value is -0.770. The van der Waals surface area contributed by atoms with Gasteiger partial charge in [-0.25, -0.2) is 13.9 Å². The van der Waals surface area contributed by atoms with Gasteiger partial charge >= 0.3 is 0 Å². The third-order valence-corrected chi connectivity index (χ3v) is 8.23. The van der Waals surface area contributed by atoms with E-state index in [0.717, 1.165) is 51.4 Å². The minimum absolute atomic E-state index is 0.0569. The normalized spacial score (nSPS) is 24.1. The third-order valence-electron chi connectivity index (χ3n) is 4.97. The predicted octanol–water partition coefficient (Wildman–Crippen LogP) is 6.13. The van der Waals surface area contributed by atoms with Crippen molar-refractivity contribution >= 4 is 55.4 Å².